The lowest BCUT2D eigenvalue weighted by molar-refractivity contribution is 0.0663. The van der Waals surface area contributed by atoms with Crippen LogP contribution in [0.1, 0.15) is 117 Å². The van der Waals surface area contributed by atoms with Crippen molar-refractivity contribution in [3.05, 3.63) is 0 Å². The molecule has 30 heavy (non-hydrogen) atoms. The monoisotopic (exact) mass is 552 g/mol. The Hall–Kier alpha value is 0.840. The Bertz CT molecular complexity index is 399. The summed E-state index contributed by atoms with van der Waals surface area (Å²) in [4.78, 5) is 5.55. The minimum Gasteiger partial charge on any atom is -0.395 e. The first-order valence-electron chi connectivity index (χ1n) is 13.0. The predicted molar refractivity (Wildman–Crippen MR) is 139 cm³/mol. The van der Waals surface area contributed by atoms with E-state index in [1.54, 1.807) is 0 Å². The first kappa shape index (κ1) is 28.9. The third-order valence-electron chi connectivity index (χ3n) is 6.79. The summed E-state index contributed by atoms with van der Waals surface area (Å²) in [5.74, 6) is 0.622. The maximum Gasteiger partial charge on any atom is 0.0928 e. The molecule has 0 aliphatic carbocycles. The van der Waals surface area contributed by atoms with Crippen LogP contribution in [-0.2, 0) is 0 Å². The quantitative estimate of drug-likeness (QED) is 0.1000. The van der Waals surface area contributed by atoms with Crippen LogP contribution in [0.5, 0.6) is 0 Å². The summed E-state index contributed by atoms with van der Waals surface area (Å²) in [7, 11) is 0. The highest BCUT2D eigenvalue weighted by molar-refractivity contribution is 9.12. The fourth-order valence-corrected chi connectivity index (χ4v) is 6.58. The molecule has 4 unspecified atom stereocenters. The van der Waals surface area contributed by atoms with Gasteiger partial charge in [-0.25, -0.2) is 0 Å². The number of likely N-dealkylation sites (N-methyl/N-ethyl adjacent to an activating group) is 1. The van der Waals surface area contributed by atoms with Gasteiger partial charge in [-0.1, -0.05) is 143 Å². The molecule has 1 heterocycles. The van der Waals surface area contributed by atoms with E-state index < -0.39 is 0 Å². The molecule has 180 valence electrons. The highest BCUT2D eigenvalue weighted by Gasteiger charge is 2.45. The Labute approximate surface area is 205 Å². The van der Waals surface area contributed by atoms with Crippen molar-refractivity contribution in [1.29, 1.82) is 0 Å². The second kappa shape index (κ2) is 18.3. The Balaban J connectivity index is 2.08. The molecule has 0 bridgehead atoms. The molecule has 1 aliphatic heterocycles. The van der Waals surface area contributed by atoms with Gasteiger partial charge in [0.1, 0.15) is 0 Å². The van der Waals surface area contributed by atoms with Crippen LogP contribution in [0.3, 0.4) is 0 Å². The van der Waals surface area contributed by atoms with Crippen LogP contribution in [-0.4, -0.2) is 50.7 Å². The highest BCUT2D eigenvalue weighted by atomic mass is 79.9. The molecule has 1 rings (SSSR count). The molecule has 5 heteroatoms. The van der Waals surface area contributed by atoms with E-state index in [1.165, 1.54) is 96.3 Å². The average Bonchev–Trinajstić information content (AvgIpc) is 2.98. The highest BCUT2D eigenvalue weighted by Crippen LogP contribution is 2.38. The summed E-state index contributed by atoms with van der Waals surface area (Å²) in [5.41, 5.74) is 0. The number of hydrogen-bond donors (Lipinski definition) is 1. The fraction of sp³-hybridized carbons (Fsp3) is 1.00. The number of aliphatic hydroxyl groups excluding tert-OH is 1. The first-order chi connectivity index (χ1) is 14.6. The Morgan fingerprint density at radius 3 is 1.57 bits per heavy atom. The lowest BCUT2D eigenvalue weighted by Crippen LogP contribution is -2.45. The molecule has 1 saturated heterocycles. The third-order valence-corrected chi connectivity index (χ3v) is 9.55. The van der Waals surface area contributed by atoms with Gasteiger partial charge < -0.3 is 5.11 Å². The standard InChI is InChI=1S/C25H50Br2N2O/c1-4-6-7-8-9-10-11-12-13-14-15-16-17-18-19-22(3)25-28(5-2)23(26)24(27)29(25)20-21-30/h22-25,30H,4-21H2,1-3H3. The van der Waals surface area contributed by atoms with Crippen molar-refractivity contribution in [3.8, 4) is 0 Å². The summed E-state index contributed by atoms with van der Waals surface area (Å²) in [6, 6.07) is 0. The zero-order valence-corrected chi connectivity index (χ0v) is 23.3. The third kappa shape index (κ3) is 10.6. The average molecular weight is 554 g/mol. The number of unbranched alkanes of at least 4 members (excludes halogenated alkanes) is 13. The van der Waals surface area contributed by atoms with Gasteiger partial charge in [0.15, 0.2) is 0 Å². The number of β-amino-alcohol motifs (C(OH)–C–C–N with tert-alkyl or cyclic N) is 1. The van der Waals surface area contributed by atoms with Gasteiger partial charge in [-0.2, -0.15) is 0 Å². The van der Waals surface area contributed by atoms with E-state index in [-0.39, 0.29) is 11.6 Å². The zero-order chi connectivity index (χ0) is 22.2. The van der Waals surface area contributed by atoms with Gasteiger partial charge in [-0.05, 0) is 18.9 Å². The summed E-state index contributed by atoms with van der Waals surface area (Å²) in [6.45, 7) is 8.92. The molecule has 1 aliphatic rings. The molecule has 0 radical (unpaired) electrons. The van der Waals surface area contributed by atoms with E-state index in [1.807, 2.05) is 0 Å². The maximum absolute atomic E-state index is 9.50. The molecule has 3 nitrogen and oxygen atoms in total. The smallest absolute Gasteiger partial charge is 0.0928 e. The zero-order valence-electron chi connectivity index (χ0n) is 20.1. The Morgan fingerprint density at radius 2 is 1.13 bits per heavy atom. The van der Waals surface area contributed by atoms with Crippen LogP contribution < -0.4 is 0 Å². The molecular formula is C25H50Br2N2O. The number of aliphatic hydroxyl groups is 1. The van der Waals surface area contributed by atoms with Crippen molar-refractivity contribution in [2.45, 2.75) is 133 Å². The van der Waals surface area contributed by atoms with Gasteiger partial charge in [0, 0.05) is 6.54 Å². The van der Waals surface area contributed by atoms with Crippen molar-refractivity contribution in [1.82, 2.24) is 9.80 Å². The number of rotatable bonds is 19. The molecule has 0 spiro atoms. The Kier molecular flexibility index (Phi) is 17.6. The van der Waals surface area contributed by atoms with Crippen LogP contribution in [0.15, 0.2) is 0 Å². The van der Waals surface area contributed by atoms with E-state index in [0.29, 0.717) is 17.0 Å². The van der Waals surface area contributed by atoms with E-state index in [0.717, 1.165) is 13.1 Å². The summed E-state index contributed by atoms with van der Waals surface area (Å²) in [5, 5.41) is 9.50. The topological polar surface area (TPSA) is 26.7 Å². The summed E-state index contributed by atoms with van der Waals surface area (Å²) >= 11 is 7.69. The molecule has 0 amide bonds. The van der Waals surface area contributed by atoms with E-state index >= 15 is 0 Å². The van der Waals surface area contributed by atoms with Crippen LogP contribution >= 0.6 is 31.9 Å². The molecule has 4 atom stereocenters. The van der Waals surface area contributed by atoms with Crippen molar-refractivity contribution < 1.29 is 5.11 Å². The normalized spacial score (nSPS) is 24.0. The van der Waals surface area contributed by atoms with Crippen molar-refractivity contribution >= 4 is 31.9 Å². The van der Waals surface area contributed by atoms with Gasteiger partial charge >= 0.3 is 0 Å². The molecule has 0 aromatic carbocycles. The SMILES string of the molecule is CCCCCCCCCCCCCCCCC(C)C1N(CC)C(Br)C(Br)N1CCO. The minimum absolute atomic E-state index is 0.224. The molecule has 1 N–H and O–H groups in total. The van der Waals surface area contributed by atoms with Crippen molar-refractivity contribution in [2.24, 2.45) is 5.92 Å². The van der Waals surface area contributed by atoms with Crippen LogP contribution in [0, 0.1) is 5.92 Å². The lowest BCUT2D eigenvalue weighted by Gasteiger charge is -2.35. The molecule has 0 aromatic rings. The second-order valence-corrected chi connectivity index (χ2v) is 11.2. The summed E-state index contributed by atoms with van der Waals surface area (Å²) in [6.07, 6.45) is 21.6. The van der Waals surface area contributed by atoms with Gasteiger partial charge in [0.2, 0.25) is 0 Å². The van der Waals surface area contributed by atoms with Crippen molar-refractivity contribution in [3.63, 3.8) is 0 Å². The molecule has 0 aromatic heterocycles. The molecular weight excluding hydrogens is 504 g/mol. The van der Waals surface area contributed by atoms with E-state index in [4.69, 9.17) is 0 Å². The van der Waals surface area contributed by atoms with Gasteiger partial charge in [0.25, 0.3) is 0 Å². The second-order valence-electron chi connectivity index (χ2n) is 9.31. The number of alkyl halides is 2. The van der Waals surface area contributed by atoms with Crippen molar-refractivity contribution in [2.75, 3.05) is 19.7 Å². The number of nitrogens with zero attached hydrogens (tertiary/aromatic N) is 2. The lowest BCUT2D eigenvalue weighted by atomic mass is 9.97. The minimum atomic E-state index is 0.224. The molecule has 0 saturated carbocycles. The van der Waals surface area contributed by atoms with Crippen LogP contribution in [0.2, 0.25) is 0 Å². The summed E-state index contributed by atoms with van der Waals surface area (Å²) < 4.78 is 0. The largest absolute Gasteiger partial charge is 0.395 e. The van der Waals surface area contributed by atoms with Crippen LogP contribution in [0.25, 0.3) is 0 Å². The molecule has 1 fully saturated rings. The van der Waals surface area contributed by atoms with Crippen LogP contribution in [0.4, 0.5) is 0 Å². The number of halogens is 2. The number of hydrogen-bond acceptors (Lipinski definition) is 3. The maximum atomic E-state index is 9.50. The first-order valence-corrected chi connectivity index (χ1v) is 14.8. The van der Waals surface area contributed by atoms with Gasteiger partial charge in [-0.15, -0.1) is 0 Å². The fourth-order valence-electron chi connectivity index (χ4n) is 4.99. The van der Waals surface area contributed by atoms with E-state index in [2.05, 4.69) is 62.4 Å². The van der Waals surface area contributed by atoms with Gasteiger partial charge in [-0.3, -0.25) is 9.80 Å². The Morgan fingerprint density at radius 1 is 0.700 bits per heavy atom. The predicted octanol–water partition coefficient (Wildman–Crippen LogP) is 7.89. The van der Waals surface area contributed by atoms with Gasteiger partial charge in [0.05, 0.1) is 22.7 Å². The van der Waals surface area contributed by atoms with E-state index in [9.17, 15) is 5.11 Å².